The summed E-state index contributed by atoms with van der Waals surface area (Å²) in [5.74, 6) is -1.13. The molecule has 8 nitrogen and oxygen atoms in total. The molecule has 1 aromatic rings. The summed E-state index contributed by atoms with van der Waals surface area (Å²) in [6.07, 6.45) is 10.4. The number of carbonyl (C=O) groups is 2. The normalized spacial score (nSPS) is 19.5. The number of nitrogens with two attached hydrogens (primary N) is 1. The second-order valence-electron chi connectivity index (χ2n) is 6.44. The van der Waals surface area contributed by atoms with E-state index in [1.807, 2.05) is 18.4 Å². The predicted molar refractivity (Wildman–Crippen MR) is 102 cm³/mol. The molecular weight excluding hydrogens is 362 g/mol. The van der Waals surface area contributed by atoms with Crippen LogP contribution in [-0.2, 0) is 9.59 Å². The third-order valence-electron chi connectivity index (χ3n) is 4.30. The molecule has 0 amide bonds. The van der Waals surface area contributed by atoms with Gasteiger partial charge in [0.25, 0.3) is 0 Å². The number of nitrogens with one attached hydrogen (secondary N) is 1. The first kappa shape index (κ1) is 19.2. The van der Waals surface area contributed by atoms with Gasteiger partial charge in [-0.1, -0.05) is 6.08 Å². The number of carboxylic acid groups (broad SMARTS) is 1. The lowest BCUT2D eigenvalue weighted by atomic mass is 9.88. The van der Waals surface area contributed by atoms with Gasteiger partial charge >= 0.3 is 5.97 Å². The number of ether oxygens (including phenoxy) is 1. The summed E-state index contributed by atoms with van der Waals surface area (Å²) in [7, 11) is 0. The molecule has 5 N–H and O–H groups in total. The highest BCUT2D eigenvalue weighted by Gasteiger charge is 2.28. The summed E-state index contributed by atoms with van der Waals surface area (Å²) in [4.78, 5) is 23.6. The number of hydrazine groups is 1. The van der Waals surface area contributed by atoms with E-state index in [9.17, 15) is 14.7 Å². The Morgan fingerprint density at radius 3 is 2.68 bits per heavy atom. The number of aliphatic carboxylic acids is 1. The fourth-order valence-electron chi connectivity index (χ4n) is 2.83. The van der Waals surface area contributed by atoms with Crippen molar-refractivity contribution in [2.75, 3.05) is 6.54 Å². The predicted octanol–water partition coefficient (Wildman–Crippen LogP) is 1.43. The third-order valence-corrected chi connectivity index (χ3v) is 4.30. The smallest absolute Gasteiger partial charge is 0.320 e. The molecule has 2 aliphatic rings. The number of benzene rings is 1. The summed E-state index contributed by atoms with van der Waals surface area (Å²) < 4.78 is 5.85. The van der Waals surface area contributed by atoms with Crippen LogP contribution in [0.3, 0.4) is 0 Å². The highest BCUT2D eigenvalue weighted by molar-refractivity contribution is 5.96. The number of carboxylic acids is 1. The largest absolute Gasteiger partial charge is 0.508 e. The lowest BCUT2D eigenvalue weighted by molar-refractivity contribution is -0.138. The van der Waals surface area contributed by atoms with E-state index < -0.39 is 17.9 Å². The van der Waals surface area contributed by atoms with Crippen molar-refractivity contribution in [1.29, 1.82) is 0 Å². The van der Waals surface area contributed by atoms with Crippen LogP contribution in [0.4, 0.5) is 0 Å². The second-order valence-corrected chi connectivity index (χ2v) is 6.44. The van der Waals surface area contributed by atoms with E-state index in [1.54, 1.807) is 29.4 Å². The van der Waals surface area contributed by atoms with Gasteiger partial charge in [0.15, 0.2) is 5.78 Å². The zero-order chi connectivity index (χ0) is 20.1. The molecular formula is C20H21N3O5. The van der Waals surface area contributed by atoms with Crippen LogP contribution in [-0.4, -0.2) is 39.6 Å². The number of nitrogens with zero attached hydrogens (tertiary/aromatic N) is 1. The van der Waals surface area contributed by atoms with Gasteiger partial charge in [-0.3, -0.25) is 14.6 Å². The van der Waals surface area contributed by atoms with Crippen LogP contribution in [0, 0.1) is 5.92 Å². The average molecular weight is 383 g/mol. The minimum absolute atomic E-state index is 0.00380. The van der Waals surface area contributed by atoms with Crippen LogP contribution in [0.25, 0.3) is 0 Å². The number of aromatic hydroxyl groups is 1. The van der Waals surface area contributed by atoms with Crippen LogP contribution in [0.2, 0.25) is 0 Å². The van der Waals surface area contributed by atoms with Gasteiger partial charge in [0.1, 0.15) is 23.3 Å². The Bertz CT molecular complexity index is 870. The molecule has 1 aliphatic carbocycles. The molecule has 1 unspecified atom stereocenters. The monoisotopic (exact) mass is 383 g/mol. The Balaban J connectivity index is 1.83. The first-order valence-corrected chi connectivity index (χ1v) is 8.70. The van der Waals surface area contributed by atoms with Gasteiger partial charge in [-0.05, 0) is 42.8 Å². The Labute approximate surface area is 161 Å². The van der Waals surface area contributed by atoms with Crippen molar-refractivity contribution >= 4 is 11.8 Å². The number of hydrogen-bond acceptors (Lipinski definition) is 7. The van der Waals surface area contributed by atoms with Gasteiger partial charge < -0.3 is 26.1 Å². The van der Waals surface area contributed by atoms with E-state index in [1.165, 1.54) is 18.2 Å². The third kappa shape index (κ3) is 4.80. The maximum Gasteiger partial charge on any atom is 0.320 e. The van der Waals surface area contributed by atoms with Crippen molar-refractivity contribution in [2.24, 2.45) is 11.7 Å². The lowest BCUT2D eigenvalue weighted by Gasteiger charge is -2.27. The quantitative estimate of drug-likeness (QED) is 0.557. The molecule has 0 spiro atoms. The van der Waals surface area contributed by atoms with Crippen LogP contribution in [0.15, 0.2) is 72.3 Å². The van der Waals surface area contributed by atoms with E-state index in [4.69, 9.17) is 15.6 Å². The molecule has 1 heterocycles. The molecule has 0 saturated heterocycles. The maximum atomic E-state index is 12.5. The molecule has 1 aromatic carbocycles. The minimum atomic E-state index is -1.15. The molecule has 0 radical (unpaired) electrons. The summed E-state index contributed by atoms with van der Waals surface area (Å²) in [6, 6.07) is 5.02. The molecule has 0 saturated carbocycles. The minimum Gasteiger partial charge on any atom is -0.508 e. The van der Waals surface area contributed by atoms with Gasteiger partial charge in [0, 0.05) is 30.0 Å². The molecule has 8 heteroatoms. The van der Waals surface area contributed by atoms with Crippen LogP contribution in [0.1, 0.15) is 6.42 Å². The second kappa shape index (κ2) is 8.45. The van der Waals surface area contributed by atoms with Gasteiger partial charge in [0.05, 0.1) is 6.54 Å². The van der Waals surface area contributed by atoms with Crippen molar-refractivity contribution < 1.29 is 24.5 Å². The van der Waals surface area contributed by atoms with Crippen molar-refractivity contribution in [3.63, 3.8) is 0 Å². The van der Waals surface area contributed by atoms with Crippen molar-refractivity contribution in [1.82, 2.24) is 10.4 Å². The zero-order valence-electron chi connectivity index (χ0n) is 15.0. The molecule has 0 fully saturated rings. The lowest BCUT2D eigenvalue weighted by Crippen LogP contribution is -2.36. The number of phenolic OH excluding ortho intramolecular Hbond substituents is 1. The molecule has 1 aliphatic heterocycles. The van der Waals surface area contributed by atoms with E-state index in [2.05, 4.69) is 5.43 Å². The van der Waals surface area contributed by atoms with E-state index in [-0.39, 0.29) is 18.0 Å². The maximum absolute atomic E-state index is 12.5. The van der Waals surface area contributed by atoms with Crippen molar-refractivity contribution in [2.45, 2.75) is 12.5 Å². The number of carbonyl (C=O) groups excluding carboxylic acids is 1. The molecule has 3 rings (SSSR count). The van der Waals surface area contributed by atoms with Crippen molar-refractivity contribution in [3.05, 3.63) is 72.3 Å². The fourth-order valence-corrected chi connectivity index (χ4v) is 2.83. The molecule has 28 heavy (non-hydrogen) atoms. The zero-order valence-corrected chi connectivity index (χ0v) is 15.0. The Kier molecular flexibility index (Phi) is 5.81. The van der Waals surface area contributed by atoms with Crippen LogP contribution < -0.4 is 15.9 Å². The molecule has 146 valence electrons. The number of hydrogen-bond donors (Lipinski definition) is 4. The number of allylic oxidation sites excluding steroid dienone is 4. The summed E-state index contributed by atoms with van der Waals surface area (Å²) in [6.45, 7) is 0.386. The molecule has 2 atom stereocenters. The highest BCUT2D eigenvalue weighted by Crippen LogP contribution is 2.28. The van der Waals surface area contributed by atoms with Crippen LogP contribution in [0.5, 0.6) is 11.5 Å². The Morgan fingerprint density at radius 1 is 1.29 bits per heavy atom. The van der Waals surface area contributed by atoms with E-state index in [0.29, 0.717) is 23.6 Å². The number of phenols is 1. The van der Waals surface area contributed by atoms with E-state index in [0.717, 1.165) is 0 Å². The average Bonchev–Trinajstić information content (AvgIpc) is 2.67. The number of ketones is 1. The topological polar surface area (TPSA) is 125 Å². The standard InChI is InChI=1S/C20H21N3O5/c21-17(20(26)27)10-13-9-14(12-23-8-2-1-7-22-23)19(11-18(13)25)28-16-5-3-15(24)4-6-16/h1-9,11,13,17,22,24H,10,12,21H2,(H,26,27)/t13?,17-/m0/s1. The van der Waals surface area contributed by atoms with Gasteiger partial charge in [-0.15, -0.1) is 0 Å². The van der Waals surface area contributed by atoms with Gasteiger partial charge in [0.2, 0.25) is 0 Å². The Morgan fingerprint density at radius 2 is 2.04 bits per heavy atom. The van der Waals surface area contributed by atoms with Gasteiger partial charge in [-0.25, -0.2) is 0 Å². The van der Waals surface area contributed by atoms with Gasteiger partial charge in [-0.2, -0.15) is 0 Å². The molecule has 0 aromatic heterocycles. The Hall–Kier alpha value is -3.52. The number of rotatable bonds is 7. The summed E-state index contributed by atoms with van der Waals surface area (Å²) >= 11 is 0. The first-order valence-electron chi connectivity index (χ1n) is 8.70. The SMILES string of the molecule is N[C@@H](CC1C=C(CN2C=CC=CN2)C(Oc2ccc(O)cc2)=CC1=O)C(=O)O. The highest BCUT2D eigenvalue weighted by atomic mass is 16.5. The molecule has 0 bridgehead atoms. The summed E-state index contributed by atoms with van der Waals surface area (Å²) in [5, 5.41) is 20.3. The summed E-state index contributed by atoms with van der Waals surface area (Å²) in [5.41, 5.74) is 9.37. The van der Waals surface area contributed by atoms with Crippen molar-refractivity contribution in [3.8, 4) is 11.5 Å². The fraction of sp³-hybridized carbons (Fsp3) is 0.200. The van der Waals surface area contributed by atoms with Crippen LogP contribution >= 0.6 is 0 Å². The first-order chi connectivity index (χ1) is 13.4. The van der Waals surface area contributed by atoms with E-state index >= 15 is 0 Å².